The van der Waals surface area contributed by atoms with Crippen molar-refractivity contribution in [3.05, 3.63) is 29.3 Å². The van der Waals surface area contributed by atoms with E-state index in [1.54, 1.807) is 13.1 Å². The molecule has 4 heteroatoms. The molecular formula is C13H20N2O2. The highest BCUT2D eigenvalue weighted by atomic mass is 16.3. The number of carbonyl (C=O) groups is 1. The molecule has 0 heterocycles. The Labute approximate surface area is 102 Å². The highest BCUT2D eigenvalue weighted by Crippen LogP contribution is 2.17. The number of amides is 1. The Bertz CT molecular complexity index is 391. The highest BCUT2D eigenvalue weighted by molar-refractivity contribution is 5.94. The van der Waals surface area contributed by atoms with E-state index in [1.165, 1.54) is 4.90 Å². The van der Waals surface area contributed by atoms with Gasteiger partial charge in [-0.05, 0) is 37.6 Å². The molecule has 0 saturated heterocycles. The van der Waals surface area contributed by atoms with Gasteiger partial charge in [-0.3, -0.25) is 4.79 Å². The van der Waals surface area contributed by atoms with Crippen LogP contribution < -0.4 is 5.32 Å². The number of benzene rings is 1. The van der Waals surface area contributed by atoms with Gasteiger partial charge in [-0.1, -0.05) is 0 Å². The van der Waals surface area contributed by atoms with E-state index in [0.29, 0.717) is 12.1 Å². The van der Waals surface area contributed by atoms with Gasteiger partial charge in [0, 0.05) is 31.4 Å². The normalized spacial score (nSPS) is 10.1. The van der Waals surface area contributed by atoms with E-state index in [-0.39, 0.29) is 12.5 Å². The Morgan fingerprint density at radius 3 is 2.71 bits per heavy atom. The lowest BCUT2D eigenvalue weighted by atomic mass is 10.1. The van der Waals surface area contributed by atoms with Gasteiger partial charge >= 0.3 is 0 Å². The number of anilines is 1. The number of aliphatic hydroxyl groups is 1. The molecular weight excluding hydrogens is 216 g/mol. The van der Waals surface area contributed by atoms with Gasteiger partial charge in [-0.2, -0.15) is 0 Å². The number of rotatable bonds is 5. The number of hydrogen-bond donors (Lipinski definition) is 2. The maximum atomic E-state index is 12.0. The third-order valence-corrected chi connectivity index (χ3v) is 2.62. The number of aliphatic hydroxyl groups excluding tert-OH is 1. The molecule has 0 spiro atoms. The lowest BCUT2D eigenvalue weighted by Crippen LogP contribution is -2.29. The maximum absolute atomic E-state index is 12.0. The minimum atomic E-state index is -0.0646. The van der Waals surface area contributed by atoms with Gasteiger partial charge in [0.05, 0.1) is 6.61 Å². The lowest BCUT2D eigenvalue weighted by Gasteiger charge is -2.16. The van der Waals surface area contributed by atoms with Gasteiger partial charge in [-0.15, -0.1) is 0 Å². The molecule has 1 aromatic carbocycles. The molecule has 1 aromatic rings. The Hall–Kier alpha value is -1.55. The molecule has 0 aliphatic heterocycles. The number of likely N-dealkylation sites (N-methyl/N-ethyl adjacent to an activating group) is 1. The van der Waals surface area contributed by atoms with Crippen LogP contribution in [0, 0.1) is 6.92 Å². The highest BCUT2D eigenvalue weighted by Gasteiger charge is 2.11. The van der Waals surface area contributed by atoms with E-state index in [1.807, 2.05) is 26.0 Å². The molecule has 2 N–H and O–H groups in total. The third kappa shape index (κ3) is 3.46. The van der Waals surface area contributed by atoms with E-state index in [2.05, 4.69) is 5.32 Å². The number of hydrogen-bond acceptors (Lipinski definition) is 3. The molecule has 17 heavy (non-hydrogen) atoms. The summed E-state index contributed by atoms with van der Waals surface area (Å²) in [4.78, 5) is 13.5. The van der Waals surface area contributed by atoms with Crippen LogP contribution in [0.4, 0.5) is 5.69 Å². The van der Waals surface area contributed by atoms with Crippen LogP contribution in [0.3, 0.4) is 0 Å². The Kier molecular flexibility index (Phi) is 4.97. The zero-order valence-electron chi connectivity index (χ0n) is 10.7. The van der Waals surface area contributed by atoms with Crippen LogP contribution in [-0.2, 0) is 0 Å². The molecule has 0 aromatic heterocycles. The first-order valence-electron chi connectivity index (χ1n) is 5.81. The first-order valence-corrected chi connectivity index (χ1v) is 5.81. The second kappa shape index (κ2) is 6.25. The van der Waals surface area contributed by atoms with Crippen LogP contribution in [-0.4, -0.2) is 42.7 Å². The second-order valence-corrected chi connectivity index (χ2v) is 4.01. The van der Waals surface area contributed by atoms with Crippen LogP contribution in [0.1, 0.15) is 22.8 Å². The summed E-state index contributed by atoms with van der Waals surface area (Å²) in [7, 11) is 1.69. The minimum absolute atomic E-state index is 0.0172. The Morgan fingerprint density at radius 1 is 1.47 bits per heavy atom. The molecule has 0 radical (unpaired) electrons. The van der Waals surface area contributed by atoms with Crippen LogP contribution in [0.2, 0.25) is 0 Å². The van der Waals surface area contributed by atoms with Crippen molar-refractivity contribution in [1.82, 2.24) is 4.90 Å². The van der Waals surface area contributed by atoms with Gasteiger partial charge in [-0.25, -0.2) is 0 Å². The molecule has 0 saturated carbocycles. The summed E-state index contributed by atoms with van der Waals surface area (Å²) < 4.78 is 0. The fourth-order valence-corrected chi connectivity index (χ4v) is 1.66. The third-order valence-electron chi connectivity index (χ3n) is 2.62. The topological polar surface area (TPSA) is 52.6 Å². The average molecular weight is 236 g/mol. The molecule has 0 aliphatic rings. The minimum Gasteiger partial charge on any atom is -0.395 e. The number of carbonyl (C=O) groups excluding carboxylic acids is 1. The van der Waals surface area contributed by atoms with Crippen LogP contribution >= 0.6 is 0 Å². The zero-order valence-corrected chi connectivity index (χ0v) is 10.7. The first kappa shape index (κ1) is 13.5. The van der Waals surface area contributed by atoms with Gasteiger partial charge in [0.25, 0.3) is 5.91 Å². The summed E-state index contributed by atoms with van der Waals surface area (Å²) >= 11 is 0. The van der Waals surface area contributed by atoms with E-state index >= 15 is 0 Å². The van der Waals surface area contributed by atoms with Crippen LogP contribution in [0.15, 0.2) is 18.2 Å². The Morgan fingerprint density at radius 2 is 2.18 bits per heavy atom. The molecule has 0 unspecified atom stereocenters. The van der Waals surface area contributed by atoms with Crippen molar-refractivity contribution in [3.8, 4) is 0 Å². The molecule has 0 atom stereocenters. The molecule has 0 fully saturated rings. The smallest absolute Gasteiger partial charge is 0.253 e. The number of nitrogens with one attached hydrogen (secondary N) is 1. The molecule has 4 nitrogen and oxygen atoms in total. The molecule has 1 amide bonds. The van der Waals surface area contributed by atoms with Gasteiger partial charge < -0.3 is 15.3 Å². The van der Waals surface area contributed by atoms with Crippen molar-refractivity contribution in [2.45, 2.75) is 13.8 Å². The van der Waals surface area contributed by atoms with Crippen LogP contribution in [0.5, 0.6) is 0 Å². The Balaban J connectivity index is 2.85. The zero-order chi connectivity index (χ0) is 12.8. The average Bonchev–Trinajstić information content (AvgIpc) is 2.31. The molecule has 0 bridgehead atoms. The van der Waals surface area contributed by atoms with Crippen molar-refractivity contribution in [3.63, 3.8) is 0 Å². The summed E-state index contributed by atoms with van der Waals surface area (Å²) in [6, 6.07) is 5.59. The molecule has 94 valence electrons. The van der Waals surface area contributed by atoms with Crippen molar-refractivity contribution in [2.75, 3.05) is 32.1 Å². The summed E-state index contributed by atoms with van der Waals surface area (Å²) in [5.41, 5.74) is 2.75. The summed E-state index contributed by atoms with van der Waals surface area (Å²) in [5, 5.41) is 12.0. The van der Waals surface area contributed by atoms with Gasteiger partial charge in [0.2, 0.25) is 0 Å². The fourth-order valence-electron chi connectivity index (χ4n) is 1.66. The SMILES string of the molecule is CCNc1ccc(C(=O)N(C)CCO)cc1C. The summed E-state index contributed by atoms with van der Waals surface area (Å²) in [6.07, 6.45) is 0. The summed E-state index contributed by atoms with van der Waals surface area (Å²) in [5.74, 6) is -0.0646. The predicted octanol–water partition coefficient (Wildman–Crippen LogP) is 1.49. The van der Waals surface area contributed by atoms with Crippen molar-refractivity contribution in [2.24, 2.45) is 0 Å². The fraction of sp³-hybridized carbons (Fsp3) is 0.462. The number of aryl methyl sites for hydroxylation is 1. The van der Waals surface area contributed by atoms with E-state index in [9.17, 15) is 4.79 Å². The number of nitrogens with zero attached hydrogens (tertiary/aromatic N) is 1. The quantitative estimate of drug-likeness (QED) is 0.814. The van der Waals surface area contributed by atoms with E-state index < -0.39 is 0 Å². The molecule has 1 rings (SSSR count). The van der Waals surface area contributed by atoms with E-state index in [0.717, 1.165) is 17.8 Å². The predicted molar refractivity (Wildman–Crippen MR) is 69.4 cm³/mol. The van der Waals surface area contributed by atoms with Crippen molar-refractivity contribution >= 4 is 11.6 Å². The standard InChI is InChI=1S/C13H20N2O2/c1-4-14-12-6-5-11(9-10(12)2)13(17)15(3)7-8-16/h5-6,9,14,16H,4,7-8H2,1-3H3. The van der Waals surface area contributed by atoms with Crippen molar-refractivity contribution < 1.29 is 9.90 Å². The van der Waals surface area contributed by atoms with Gasteiger partial charge in [0.1, 0.15) is 0 Å². The van der Waals surface area contributed by atoms with Crippen molar-refractivity contribution in [1.29, 1.82) is 0 Å². The lowest BCUT2D eigenvalue weighted by molar-refractivity contribution is 0.0767. The maximum Gasteiger partial charge on any atom is 0.253 e. The second-order valence-electron chi connectivity index (χ2n) is 4.01. The van der Waals surface area contributed by atoms with E-state index in [4.69, 9.17) is 5.11 Å². The summed E-state index contributed by atoms with van der Waals surface area (Å²) in [6.45, 7) is 5.20. The van der Waals surface area contributed by atoms with Gasteiger partial charge in [0.15, 0.2) is 0 Å². The van der Waals surface area contributed by atoms with Crippen LogP contribution in [0.25, 0.3) is 0 Å². The first-order chi connectivity index (χ1) is 8.10. The largest absolute Gasteiger partial charge is 0.395 e. The molecule has 0 aliphatic carbocycles. The monoisotopic (exact) mass is 236 g/mol.